The van der Waals surface area contributed by atoms with Crippen LogP contribution in [0, 0.1) is 5.82 Å². The third-order valence-electron chi connectivity index (χ3n) is 4.24. The van der Waals surface area contributed by atoms with E-state index in [1.165, 1.54) is 19.2 Å². The lowest BCUT2D eigenvalue weighted by Crippen LogP contribution is -2.50. The standard InChI is InChI=1S/C17H19FN4O3/c1-10(16(23)25-2)21-17(24)22-7-6-13-14(20-9-19-13)15(22)11-4-3-5-12(18)8-11/h3-5,8-10,15H,6-7H2,1-2H3,(H,19,20)(H,21,24)/t10-,15+/m0/s1. The number of hydrogen-bond acceptors (Lipinski definition) is 4. The lowest BCUT2D eigenvalue weighted by molar-refractivity contribution is -0.142. The third-order valence-corrected chi connectivity index (χ3v) is 4.24. The molecule has 1 aromatic carbocycles. The van der Waals surface area contributed by atoms with E-state index in [1.54, 1.807) is 30.3 Å². The summed E-state index contributed by atoms with van der Waals surface area (Å²) < 4.78 is 18.3. The number of urea groups is 1. The Morgan fingerprint density at radius 1 is 1.48 bits per heavy atom. The molecule has 25 heavy (non-hydrogen) atoms. The van der Waals surface area contributed by atoms with Gasteiger partial charge in [-0.3, -0.25) is 0 Å². The number of ether oxygens (including phenoxy) is 1. The number of carbonyl (C=O) groups is 2. The van der Waals surface area contributed by atoms with E-state index in [2.05, 4.69) is 20.0 Å². The Bertz CT molecular complexity index is 792. The number of rotatable bonds is 3. The summed E-state index contributed by atoms with van der Waals surface area (Å²) in [4.78, 5) is 33.2. The molecule has 0 radical (unpaired) electrons. The van der Waals surface area contributed by atoms with E-state index >= 15 is 0 Å². The van der Waals surface area contributed by atoms with Crippen LogP contribution in [0.1, 0.15) is 29.9 Å². The summed E-state index contributed by atoms with van der Waals surface area (Å²) >= 11 is 0. The van der Waals surface area contributed by atoms with Gasteiger partial charge in [0.2, 0.25) is 0 Å². The second-order valence-corrected chi connectivity index (χ2v) is 5.86. The minimum Gasteiger partial charge on any atom is -0.467 e. The normalized spacial score (nSPS) is 17.6. The fraction of sp³-hybridized carbons (Fsp3) is 0.353. The Morgan fingerprint density at radius 3 is 3.00 bits per heavy atom. The zero-order chi connectivity index (χ0) is 18.0. The third kappa shape index (κ3) is 3.33. The first-order valence-electron chi connectivity index (χ1n) is 7.94. The average molecular weight is 346 g/mol. The SMILES string of the molecule is COC(=O)[C@H](C)NC(=O)N1CCc2[nH]cnc2[C@H]1c1cccc(F)c1. The molecule has 0 saturated heterocycles. The highest BCUT2D eigenvalue weighted by Crippen LogP contribution is 2.33. The minimum atomic E-state index is -0.786. The van der Waals surface area contributed by atoms with Crippen molar-refractivity contribution in [3.63, 3.8) is 0 Å². The van der Waals surface area contributed by atoms with E-state index in [1.807, 2.05) is 0 Å². The molecule has 1 aliphatic heterocycles. The van der Waals surface area contributed by atoms with Crippen LogP contribution in [0.3, 0.4) is 0 Å². The molecular weight excluding hydrogens is 327 g/mol. The number of nitrogens with one attached hydrogen (secondary N) is 2. The fourth-order valence-corrected chi connectivity index (χ4v) is 3.01. The van der Waals surface area contributed by atoms with Crippen LogP contribution in [-0.4, -0.2) is 46.6 Å². The van der Waals surface area contributed by atoms with Gasteiger partial charge in [0.25, 0.3) is 0 Å². The van der Waals surface area contributed by atoms with E-state index in [-0.39, 0.29) is 5.82 Å². The molecule has 0 spiro atoms. The Morgan fingerprint density at radius 2 is 2.28 bits per heavy atom. The van der Waals surface area contributed by atoms with Gasteiger partial charge in [0.1, 0.15) is 17.9 Å². The number of fused-ring (bicyclic) bond motifs is 1. The van der Waals surface area contributed by atoms with Gasteiger partial charge in [0, 0.05) is 18.7 Å². The smallest absolute Gasteiger partial charge is 0.328 e. The number of imidazole rings is 1. The van der Waals surface area contributed by atoms with Gasteiger partial charge in [-0.2, -0.15) is 0 Å². The Labute approximate surface area is 144 Å². The van der Waals surface area contributed by atoms with Crippen molar-refractivity contribution in [2.45, 2.75) is 25.4 Å². The largest absolute Gasteiger partial charge is 0.467 e. The van der Waals surface area contributed by atoms with Gasteiger partial charge < -0.3 is 19.9 Å². The van der Waals surface area contributed by atoms with Gasteiger partial charge in [-0.1, -0.05) is 12.1 Å². The quantitative estimate of drug-likeness (QED) is 0.829. The van der Waals surface area contributed by atoms with Crippen LogP contribution >= 0.6 is 0 Å². The lowest BCUT2D eigenvalue weighted by atomic mass is 9.96. The molecule has 1 aliphatic rings. The van der Waals surface area contributed by atoms with Crippen LogP contribution in [0.15, 0.2) is 30.6 Å². The lowest BCUT2D eigenvalue weighted by Gasteiger charge is -2.35. The van der Waals surface area contributed by atoms with Gasteiger partial charge in [-0.15, -0.1) is 0 Å². The maximum atomic E-state index is 13.7. The molecule has 1 aromatic heterocycles. The van der Waals surface area contributed by atoms with Crippen molar-refractivity contribution in [2.75, 3.05) is 13.7 Å². The summed E-state index contributed by atoms with van der Waals surface area (Å²) in [5.41, 5.74) is 2.21. The molecule has 132 valence electrons. The number of nitrogens with zero attached hydrogens (tertiary/aromatic N) is 2. The van der Waals surface area contributed by atoms with Crippen molar-refractivity contribution >= 4 is 12.0 Å². The summed E-state index contributed by atoms with van der Waals surface area (Å²) in [6.07, 6.45) is 2.16. The number of benzene rings is 1. The van der Waals surface area contributed by atoms with Crippen molar-refractivity contribution in [1.82, 2.24) is 20.2 Å². The number of aromatic nitrogens is 2. The van der Waals surface area contributed by atoms with E-state index in [0.717, 1.165) is 5.69 Å². The molecule has 7 nitrogen and oxygen atoms in total. The van der Waals surface area contributed by atoms with Gasteiger partial charge in [-0.25, -0.2) is 19.0 Å². The Balaban J connectivity index is 1.92. The molecular formula is C17H19FN4O3. The van der Waals surface area contributed by atoms with Gasteiger partial charge >= 0.3 is 12.0 Å². The molecule has 0 unspecified atom stereocenters. The number of H-pyrrole nitrogens is 1. The number of amides is 2. The molecule has 2 heterocycles. The monoisotopic (exact) mass is 346 g/mol. The van der Waals surface area contributed by atoms with E-state index in [4.69, 9.17) is 0 Å². The number of halogens is 1. The highest BCUT2D eigenvalue weighted by Gasteiger charge is 2.35. The minimum absolute atomic E-state index is 0.386. The molecule has 0 saturated carbocycles. The van der Waals surface area contributed by atoms with Gasteiger partial charge in [0.05, 0.1) is 19.1 Å². The van der Waals surface area contributed by atoms with E-state index in [9.17, 15) is 14.0 Å². The van der Waals surface area contributed by atoms with Gasteiger partial charge in [-0.05, 0) is 24.6 Å². The Kier molecular flexibility index (Phi) is 4.69. The molecule has 0 aliphatic carbocycles. The molecule has 2 amide bonds. The summed E-state index contributed by atoms with van der Waals surface area (Å²) in [5, 5.41) is 2.62. The number of aromatic amines is 1. The predicted octanol–water partition coefficient (Wildman–Crippen LogP) is 1.77. The maximum Gasteiger partial charge on any atom is 0.328 e. The summed E-state index contributed by atoms with van der Waals surface area (Å²) in [6.45, 7) is 1.96. The summed E-state index contributed by atoms with van der Waals surface area (Å²) in [6, 6.07) is 4.34. The molecule has 3 rings (SSSR count). The highest BCUT2D eigenvalue weighted by atomic mass is 19.1. The number of esters is 1. The summed E-state index contributed by atoms with van der Waals surface area (Å²) in [5.74, 6) is -0.920. The second-order valence-electron chi connectivity index (χ2n) is 5.86. The van der Waals surface area contributed by atoms with Crippen LogP contribution in [0.25, 0.3) is 0 Å². The summed E-state index contributed by atoms with van der Waals surface area (Å²) in [7, 11) is 1.26. The molecule has 0 bridgehead atoms. The molecule has 2 aromatic rings. The van der Waals surface area contributed by atoms with Gasteiger partial charge in [0.15, 0.2) is 0 Å². The predicted molar refractivity (Wildman–Crippen MR) is 87.3 cm³/mol. The molecule has 0 fully saturated rings. The van der Waals surface area contributed by atoms with Crippen LogP contribution < -0.4 is 5.32 Å². The van der Waals surface area contributed by atoms with Crippen molar-refractivity contribution in [3.8, 4) is 0 Å². The Hall–Kier alpha value is -2.90. The topological polar surface area (TPSA) is 87.3 Å². The first-order valence-corrected chi connectivity index (χ1v) is 7.94. The number of methoxy groups -OCH3 is 1. The zero-order valence-electron chi connectivity index (χ0n) is 14.0. The maximum absolute atomic E-state index is 13.7. The van der Waals surface area contributed by atoms with Crippen molar-refractivity contribution in [3.05, 3.63) is 53.4 Å². The zero-order valence-corrected chi connectivity index (χ0v) is 14.0. The highest BCUT2D eigenvalue weighted by molar-refractivity contribution is 5.83. The van der Waals surface area contributed by atoms with E-state index < -0.39 is 24.1 Å². The van der Waals surface area contributed by atoms with Crippen molar-refractivity contribution in [1.29, 1.82) is 0 Å². The molecule has 8 heteroatoms. The first-order chi connectivity index (χ1) is 12.0. The average Bonchev–Trinajstić information content (AvgIpc) is 3.08. The fourth-order valence-electron chi connectivity index (χ4n) is 3.01. The van der Waals surface area contributed by atoms with Crippen LogP contribution in [-0.2, 0) is 16.0 Å². The first kappa shape index (κ1) is 16.9. The van der Waals surface area contributed by atoms with Crippen molar-refractivity contribution < 1.29 is 18.7 Å². The van der Waals surface area contributed by atoms with Crippen LogP contribution in [0.4, 0.5) is 9.18 Å². The number of hydrogen-bond donors (Lipinski definition) is 2. The number of carbonyl (C=O) groups excluding carboxylic acids is 2. The van der Waals surface area contributed by atoms with Crippen LogP contribution in [0.5, 0.6) is 0 Å². The van der Waals surface area contributed by atoms with Crippen LogP contribution in [0.2, 0.25) is 0 Å². The molecule has 2 N–H and O–H groups in total. The van der Waals surface area contributed by atoms with E-state index in [0.29, 0.717) is 24.2 Å². The molecule has 2 atom stereocenters. The second kappa shape index (κ2) is 6.92. The van der Waals surface area contributed by atoms with Crippen molar-refractivity contribution in [2.24, 2.45) is 0 Å².